The molecule has 4 rings (SSSR count). The summed E-state index contributed by atoms with van der Waals surface area (Å²) in [6.45, 7) is 5.11. The number of benzene rings is 1. The number of methoxy groups -OCH3 is 1. The van der Waals surface area contributed by atoms with Gasteiger partial charge in [-0.05, 0) is 0 Å². The van der Waals surface area contributed by atoms with E-state index in [9.17, 15) is 18.9 Å². The molecule has 2 aromatic rings. The summed E-state index contributed by atoms with van der Waals surface area (Å²) in [5.74, 6) is -0.849. The van der Waals surface area contributed by atoms with E-state index in [0.29, 0.717) is 45.0 Å². The number of carbonyl (C=O) groups is 3. The van der Waals surface area contributed by atoms with Crippen LogP contribution >= 0.6 is 7.92 Å². The van der Waals surface area contributed by atoms with Crippen molar-refractivity contribution in [3.8, 4) is 16.9 Å². The van der Waals surface area contributed by atoms with Crippen molar-refractivity contribution < 1.29 is 28.4 Å². The van der Waals surface area contributed by atoms with Crippen molar-refractivity contribution >= 4 is 31.5 Å². The molecule has 1 N–H and O–H groups in total. The second-order valence-electron chi connectivity index (χ2n) is 10.3. The van der Waals surface area contributed by atoms with Gasteiger partial charge in [0.05, 0.1) is 0 Å². The fraction of sp³-hybridized carbons (Fsp3) is 0.500. The predicted octanol–water partition coefficient (Wildman–Crippen LogP) is 3.79. The van der Waals surface area contributed by atoms with Crippen LogP contribution in [0.3, 0.4) is 0 Å². The van der Waals surface area contributed by atoms with E-state index >= 15 is 0 Å². The van der Waals surface area contributed by atoms with Crippen LogP contribution in [0.4, 0.5) is 10.5 Å². The molecule has 1 aromatic heterocycles. The molecule has 3 amide bonds. The molecule has 0 unspecified atom stereocenters. The zero-order chi connectivity index (χ0) is 29.9. The summed E-state index contributed by atoms with van der Waals surface area (Å²) in [5, 5.41) is 2.80. The number of nitrogens with zero attached hydrogens (tertiary/aromatic N) is 4. The van der Waals surface area contributed by atoms with E-state index in [1.807, 2.05) is 43.3 Å². The van der Waals surface area contributed by atoms with Gasteiger partial charge < -0.3 is 0 Å². The van der Waals surface area contributed by atoms with Crippen molar-refractivity contribution in [2.24, 2.45) is 0 Å². The number of carbonyl (C=O) groups excluding carboxylic acids is 3. The summed E-state index contributed by atoms with van der Waals surface area (Å²) in [6, 6.07) is 12.3. The van der Waals surface area contributed by atoms with Crippen LogP contribution in [0.25, 0.3) is 11.3 Å². The van der Waals surface area contributed by atoms with Crippen molar-refractivity contribution in [2.45, 2.75) is 44.8 Å². The number of rotatable bonds is 10. The average Bonchev–Trinajstić information content (AvgIpc) is 3.52. The van der Waals surface area contributed by atoms with Crippen molar-refractivity contribution in [1.29, 1.82) is 0 Å². The number of amides is 3. The molecule has 0 saturated carbocycles. The molecule has 2 aliphatic rings. The molecule has 0 aliphatic carbocycles. The summed E-state index contributed by atoms with van der Waals surface area (Å²) in [6.07, 6.45) is 2.28. The van der Waals surface area contributed by atoms with Crippen LogP contribution in [-0.4, -0.2) is 97.8 Å². The molecule has 2 atom stereocenters. The number of unbranched alkanes of at least 4 members (excludes halogenated alkanes) is 1. The average molecular weight is 596 g/mol. The summed E-state index contributed by atoms with van der Waals surface area (Å²) in [4.78, 5) is 49.3. The Morgan fingerprint density at radius 3 is 2.50 bits per heavy atom. The molecular weight excluding hydrogens is 557 g/mol. The van der Waals surface area contributed by atoms with Gasteiger partial charge in [-0.25, -0.2) is 0 Å². The van der Waals surface area contributed by atoms with Crippen LogP contribution in [0.5, 0.6) is 0 Å². The van der Waals surface area contributed by atoms with E-state index in [4.69, 9.17) is 9.47 Å². The number of pyridine rings is 1. The molecule has 2 aliphatic heterocycles. The maximum atomic E-state index is 13.6. The third kappa shape index (κ3) is 8.22. The van der Waals surface area contributed by atoms with E-state index < -0.39 is 11.9 Å². The Kier molecular flexibility index (Phi) is 11.6. The minimum atomic E-state index is -0.989. The Hall–Kier alpha value is -3.65. The number of piperazine rings is 1. The number of aromatic nitrogens is 1. The molecule has 0 spiro atoms. The van der Waals surface area contributed by atoms with Crippen molar-refractivity contribution in [2.75, 3.05) is 57.9 Å². The molecule has 12 heteroatoms. The van der Waals surface area contributed by atoms with E-state index in [0.717, 1.165) is 37.1 Å². The van der Waals surface area contributed by atoms with Gasteiger partial charge in [-0.2, -0.15) is 0 Å². The van der Waals surface area contributed by atoms with E-state index in [2.05, 4.69) is 20.8 Å². The molecule has 42 heavy (non-hydrogen) atoms. The SMILES string of the molecule is CCCCOC(=O)N1CCN(C(=O)[C@H](CC#P=O)NC(=O)c2cc(N3CC[C@H](OC)C3)cc(-c3ccccc3)n2)CC1. The Morgan fingerprint density at radius 1 is 1.10 bits per heavy atom. The number of ether oxygens (including phenoxy) is 2. The first-order valence-corrected chi connectivity index (χ1v) is 15.2. The summed E-state index contributed by atoms with van der Waals surface area (Å²) in [7, 11) is 1.34. The fourth-order valence-electron chi connectivity index (χ4n) is 5.01. The Morgan fingerprint density at radius 2 is 1.83 bits per heavy atom. The first-order chi connectivity index (χ1) is 20.4. The van der Waals surface area contributed by atoms with Crippen molar-refractivity contribution in [1.82, 2.24) is 20.1 Å². The molecule has 1 aromatic carbocycles. The normalized spacial score (nSPS) is 17.4. The molecule has 224 valence electrons. The van der Waals surface area contributed by atoms with Crippen molar-refractivity contribution in [3.05, 3.63) is 48.2 Å². The van der Waals surface area contributed by atoms with Crippen LogP contribution in [0.2, 0.25) is 0 Å². The second-order valence-corrected chi connectivity index (χ2v) is 10.8. The van der Waals surface area contributed by atoms with Gasteiger partial charge in [0.15, 0.2) is 0 Å². The van der Waals surface area contributed by atoms with Gasteiger partial charge in [-0.15, -0.1) is 0 Å². The van der Waals surface area contributed by atoms with Crippen LogP contribution in [-0.2, 0) is 18.8 Å². The van der Waals surface area contributed by atoms with Crippen LogP contribution in [0.1, 0.15) is 43.1 Å². The van der Waals surface area contributed by atoms with Crippen LogP contribution < -0.4 is 10.2 Å². The fourth-order valence-corrected chi connectivity index (χ4v) is 5.27. The Labute approximate surface area is 247 Å². The van der Waals surface area contributed by atoms with Gasteiger partial charge in [0.2, 0.25) is 0 Å². The van der Waals surface area contributed by atoms with Gasteiger partial charge in [-0.1, -0.05) is 13.3 Å². The zero-order valence-corrected chi connectivity index (χ0v) is 25.1. The summed E-state index contributed by atoms with van der Waals surface area (Å²) >= 11 is 0. The number of nitrogens with one attached hydrogen (secondary N) is 1. The standard InChI is InChI=1S/C30H38N5O6P/c1-3-4-17-41-30(38)34-15-13-33(14-16-34)29(37)25(11-18-42-39)32-28(36)27-20-23(35-12-10-24(21-35)40-2)19-26(31-27)22-8-6-5-7-9-22/h5-9,19-20,24-25H,3-4,10-17,21H2,1-2H3,(H,32,36)/t24-,25-/m0/s1. The van der Waals surface area contributed by atoms with Gasteiger partial charge in [-0.3, -0.25) is 0 Å². The second kappa shape index (κ2) is 15.5. The van der Waals surface area contributed by atoms with Gasteiger partial charge >= 0.3 is 227 Å². The molecule has 0 radical (unpaired) electrons. The topological polar surface area (TPSA) is 121 Å². The number of hydrogen-bond acceptors (Lipinski definition) is 8. The first-order valence-electron chi connectivity index (χ1n) is 14.3. The monoisotopic (exact) mass is 595 g/mol. The van der Waals surface area contributed by atoms with Gasteiger partial charge in [0.1, 0.15) is 0 Å². The molecular formula is C30H38N5O6P. The quantitative estimate of drug-likeness (QED) is 0.325. The van der Waals surface area contributed by atoms with Crippen LogP contribution in [0.15, 0.2) is 42.5 Å². The maximum absolute atomic E-state index is 13.6. The zero-order valence-electron chi connectivity index (χ0n) is 24.2. The predicted molar refractivity (Wildman–Crippen MR) is 159 cm³/mol. The Bertz CT molecular complexity index is 1350. The molecule has 3 heterocycles. The van der Waals surface area contributed by atoms with E-state index in [1.165, 1.54) is 0 Å². The van der Waals surface area contributed by atoms with E-state index in [-0.39, 0.29) is 38.1 Å². The Balaban J connectivity index is 1.49. The van der Waals surface area contributed by atoms with Gasteiger partial charge in [0.25, 0.3) is 0 Å². The molecule has 11 nitrogen and oxygen atoms in total. The summed E-state index contributed by atoms with van der Waals surface area (Å²) < 4.78 is 22.0. The van der Waals surface area contributed by atoms with Gasteiger partial charge in [0, 0.05) is 7.11 Å². The van der Waals surface area contributed by atoms with Crippen LogP contribution in [0, 0.1) is 5.63 Å². The number of anilines is 1. The molecule has 0 bridgehead atoms. The number of hydrogen-bond donors (Lipinski definition) is 1. The van der Waals surface area contributed by atoms with Crippen molar-refractivity contribution in [3.63, 3.8) is 0 Å². The third-order valence-corrected chi connectivity index (χ3v) is 7.80. The molecule has 2 saturated heterocycles. The summed E-state index contributed by atoms with van der Waals surface area (Å²) in [5.41, 5.74) is 5.13. The van der Waals surface area contributed by atoms with E-state index in [1.54, 1.807) is 23.0 Å². The first kappa shape index (κ1) is 31.3. The third-order valence-electron chi connectivity index (χ3n) is 7.49. The molecule has 2 fully saturated rings. The minimum absolute atomic E-state index is 0.0399.